The molecule has 1 atom stereocenters. The Morgan fingerprint density at radius 2 is 1.84 bits per heavy atom. The van der Waals surface area contributed by atoms with Gasteiger partial charge in [-0.2, -0.15) is 0 Å². The highest BCUT2D eigenvalue weighted by molar-refractivity contribution is 5.24. The van der Waals surface area contributed by atoms with Crippen molar-refractivity contribution in [1.82, 2.24) is 0 Å². The fraction of sp³-hybridized carbons (Fsp3) is 0.294. The topological polar surface area (TPSA) is 26.0 Å². The summed E-state index contributed by atoms with van der Waals surface area (Å²) >= 11 is 0. The number of benzene rings is 2. The molecule has 2 aromatic carbocycles. The lowest BCUT2D eigenvalue weighted by Crippen LogP contribution is -2.20. The molecule has 2 heteroatoms. The van der Waals surface area contributed by atoms with Crippen LogP contribution >= 0.6 is 0 Å². The van der Waals surface area contributed by atoms with Gasteiger partial charge in [0, 0.05) is 0 Å². The predicted molar refractivity (Wildman–Crippen MR) is 77.5 cm³/mol. The van der Waals surface area contributed by atoms with E-state index in [1.54, 1.807) is 6.07 Å². The van der Waals surface area contributed by atoms with Gasteiger partial charge in [-0.15, -0.1) is 0 Å². The van der Waals surface area contributed by atoms with Crippen LogP contribution in [0.3, 0.4) is 0 Å². The Bertz CT molecular complexity index is 536. The molecule has 1 nitrogen and oxygen atoms in total. The molecule has 0 saturated heterocycles. The zero-order valence-corrected chi connectivity index (χ0v) is 11.3. The highest BCUT2D eigenvalue weighted by atomic mass is 19.1. The van der Waals surface area contributed by atoms with Crippen LogP contribution in [-0.2, 0) is 12.8 Å². The predicted octanol–water partition coefficient (Wildman–Crippen LogP) is 3.49. The summed E-state index contributed by atoms with van der Waals surface area (Å²) in [7, 11) is 0. The van der Waals surface area contributed by atoms with Gasteiger partial charge >= 0.3 is 0 Å². The summed E-state index contributed by atoms with van der Waals surface area (Å²) in [6, 6.07) is 15.4. The Balaban J connectivity index is 2.07. The van der Waals surface area contributed by atoms with Crippen molar-refractivity contribution in [3.8, 4) is 0 Å². The molecular weight excluding hydrogens is 237 g/mol. The van der Waals surface area contributed by atoms with Crippen LogP contribution in [0.5, 0.6) is 0 Å². The fourth-order valence-electron chi connectivity index (χ4n) is 2.39. The second-order valence-corrected chi connectivity index (χ2v) is 5.09. The van der Waals surface area contributed by atoms with Crippen LogP contribution in [0.4, 0.5) is 4.39 Å². The standard InChI is InChI=1S/C17H20FN/c1-13-5-4-6-14(9-13)10-15(12-19)11-16-7-2-3-8-17(16)18/h2-9,15H,10-12,19H2,1H3. The number of rotatable bonds is 5. The number of aryl methyl sites for hydroxylation is 1. The molecular formula is C17H20FN. The van der Waals surface area contributed by atoms with Crippen LogP contribution in [0, 0.1) is 18.7 Å². The molecule has 0 saturated carbocycles. The largest absolute Gasteiger partial charge is 0.330 e. The first-order valence-electron chi connectivity index (χ1n) is 6.68. The summed E-state index contributed by atoms with van der Waals surface area (Å²) in [5.74, 6) is 0.142. The van der Waals surface area contributed by atoms with Crippen LogP contribution in [0.2, 0.25) is 0 Å². The molecule has 0 radical (unpaired) electrons. The Morgan fingerprint density at radius 1 is 1.05 bits per heavy atom. The summed E-state index contributed by atoms with van der Waals surface area (Å²) in [6.07, 6.45) is 1.59. The van der Waals surface area contributed by atoms with Crippen molar-refractivity contribution in [2.24, 2.45) is 11.7 Å². The van der Waals surface area contributed by atoms with Gasteiger partial charge in [-0.3, -0.25) is 0 Å². The van der Waals surface area contributed by atoms with Crippen molar-refractivity contribution >= 4 is 0 Å². The quantitative estimate of drug-likeness (QED) is 0.871. The van der Waals surface area contributed by atoms with E-state index in [0.717, 1.165) is 12.0 Å². The molecule has 19 heavy (non-hydrogen) atoms. The Hall–Kier alpha value is -1.67. The van der Waals surface area contributed by atoms with Crippen LogP contribution < -0.4 is 5.73 Å². The van der Waals surface area contributed by atoms with Crippen molar-refractivity contribution in [2.75, 3.05) is 6.54 Å². The first kappa shape index (κ1) is 13.8. The number of nitrogens with two attached hydrogens (primary N) is 1. The maximum atomic E-state index is 13.6. The van der Waals surface area contributed by atoms with Crippen LogP contribution in [-0.4, -0.2) is 6.54 Å². The zero-order valence-electron chi connectivity index (χ0n) is 11.3. The normalized spacial score (nSPS) is 12.4. The molecule has 0 aromatic heterocycles. The monoisotopic (exact) mass is 257 g/mol. The second-order valence-electron chi connectivity index (χ2n) is 5.09. The molecule has 2 aromatic rings. The minimum Gasteiger partial charge on any atom is -0.330 e. The maximum Gasteiger partial charge on any atom is 0.126 e. The third kappa shape index (κ3) is 3.90. The number of hydrogen-bond donors (Lipinski definition) is 1. The lowest BCUT2D eigenvalue weighted by atomic mass is 9.92. The smallest absolute Gasteiger partial charge is 0.126 e. The van der Waals surface area contributed by atoms with E-state index in [1.165, 1.54) is 17.2 Å². The van der Waals surface area contributed by atoms with Gasteiger partial charge in [0.25, 0.3) is 0 Å². The van der Waals surface area contributed by atoms with Crippen molar-refractivity contribution in [1.29, 1.82) is 0 Å². The van der Waals surface area contributed by atoms with Gasteiger partial charge in [-0.05, 0) is 49.4 Å². The second kappa shape index (κ2) is 6.48. The minimum absolute atomic E-state index is 0.134. The lowest BCUT2D eigenvalue weighted by molar-refractivity contribution is 0.512. The molecule has 100 valence electrons. The van der Waals surface area contributed by atoms with E-state index in [2.05, 4.69) is 31.2 Å². The van der Waals surface area contributed by atoms with Gasteiger partial charge in [-0.25, -0.2) is 4.39 Å². The first-order valence-corrected chi connectivity index (χ1v) is 6.68. The van der Waals surface area contributed by atoms with E-state index >= 15 is 0 Å². The highest BCUT2D eigenvalue weighted by Crippen LogP contribution is 2.17. The van der Waals surface area contributed by atoms with Crippen molar-refractivity contribution < 1.29 is 4.39 Å². The molecule has 2 rings (SSSR count). The van der Waals surface area contributed by atoms with E-state index in [4.69, 9.17) is 5.73 Å². The third-order valence-electron chi connectivity index (χ3n) is 3.41. The molecule has 1 unspecified atom stereocenters. The molecule has 0 heterocycles. The Kier molecular flexibility index (Phi) is 4.69. The van der Waals surface area contributed by atoms with Gasteiger partial charge in [0.2, 0.25) is 0 Å². The minimum atomic E-state index is -0.134. The number of halogens is 1. The van der Waals surface area contributed by atoms with Gasteiger partial charge in [0.15, 0.2) is 0 Å². The van der Waals surface area contributed by atoms with E-state index in [1.807, 2.05) is 12.1 Å². The van der Waals surface area contributed by atoms with E-state index in [9.17, 15) is 4.39 Å². The van der Waals surface area contributed by atoms with Crippen molar-refractivity contribution in [3.05, 3.63) is 71.0 Å². The molecule has 0 amide bonds. The van der Waals surface area contributed by atoms with Gasteiger partial charge in [0.05, 0.1) is 0 Å². The van der Waals surface area contributed by atoms with Crippen LogP contribution in [0.1, 0.15) is 16.7 Å². The third-order valence-corrected chi connectivity index (χ3v) is 3.41. The van der Waals surface area contributed by atoms with E-state index in [0.29, 0.717) is 13.0 Å². The first-order chi connectivity index (χ1) is 9.19. The molecule has 0 spiro atoms. The molecule has 0 aliphatic rings. The van der Waals surface area contributed by atoms with Crippen molar-refractivity contribution in [3.63, 3.8) is 0 Å². The van der Waals surface area contributed by atoms with E-state index in [-0.39, 0.29) is 11.7 Å². The highest BCUT2D eigenvalue weighted by Gasteiger charge is 2.11. The summed E-state index contributed by atoms with van der Waals surface area (Å²) in [4.78, 5) is 0. The summed E-state index contributed by atoms with van der Waals surface area (Å²) < 4.78 is 13.6. The lowest BCUT2D eigenvalue weighted by Gasteiger charge is -2.15. The SMILES string of the molecule is Cc1cccc(CC(CN)Cc2ccccc2F)c1. The molecule has 0 aliphatic carbocycles. The Morgan fingerprint density at radius 3 is 2.53 bits per heavy atom. The summed E-state index contributed by atoms with van der Waals surface area (Å²) in [5, 5.41) is 0. The molecule has 0 bridgehead atoms. The van der Waals surface area contributed by atoms with Gasteiger partial charge in [0.1, 0.15) is 5.82 Å². The van der Waals surface area contributed by atoms with Crippen molar-refractivity contribution in [2.45, 2.75) is 19.8 Å². The Labute approximate surface area is 114 Å². The molecule has 2 N–H and O–H groups in total. The van der Waals surface area contributed by atoms with Gasteiger partial charge in [-0.1, -0.05) is 48.0 Å². The van der Waals surface area contributed by atoms with Gasteiger partial charge < -0.3 is 5.73 Å². The average molecular weight is 257 g/mol. The zero-order chi connectivity index (χ0) is 13.7. The average Bonchev–Trinajstić information content (AvgIpc) is 2.40. The fourth-order valence-corrected chi connectivity index (χ4v) is 2.39. The molecule has 0 aliphatic heterocycles. The van der Waals surface area contributed by atoms with E-state index < -0.39 is 0 Å². The molecule has 0 fully saturated rings. The van der Waals surface area contributed by atoms with Crippen LogP contribution in [0.25, 0.3) is 0 Å². The van der Waals surface area contributed by atoms with Crippen LogP contribution in [0.15, 0.2) is 48.5 Å². The summed E-state index contributed by atoms with van der Waals surface area (Å²) in [6.45, 7) is 2.65. The summed E-state index contributed by atoms with van der Waals surface area (Å²) in [5.41, 5.74) is 9.11. The number of hydrogen-bond acceptors (Lipinski definition) is 1. The maximum absolute atomic E-state index is 13.6.